The number of aryl methyl sites for hydroxylation is 2. The molecule has 3 aromatic rings. The summed E-state index contributed by atoms with van der Waals surface area (Å²) < 4.78 is 58.5. The number of pyridine rings is 1. The lowest BCUT2D eigenvalue weighted by Crippen LogP contribution is -2.18. The van der Waals surface area contributed by atoms with Gasteiger partial charge in [0.1, 0.15) is 11.6 Å². The van der Waals surface area contributed by atoms with Gasteiger partial charge in [0.2, 0.25) is 0 Å². The quantitative estimate of drug-likeness (QED) is 0.579. The van der Waals surface area contributed by atoms with E-state index in [0.717, 1.165) is 6.07 Å². The number of nitrogens with zero attached hydrogens (tertiary/aromatic N) is 1. The highest BCUT2D eigenvalue weighted by atomic mass is 32.2. The lowest BCUT2D eigenvalue weighted by molar-refractivity contribution is 0.439. The number of hydrogen-bond acceptors (Lipinski definition) is 4. The Balaban J connectivity index is 2.15. The van der Waals surface area contributed by atoms with Crippen LogP contribution in [-0.4, -0.2) is 18.7 Å². The molecule has 0 amide bonds. The van der Waals surface area contributed by atoms with Gasteiger partial charge in [0.25, 0.3) is 5.56 Å². The SMILES string of the molecule is CCS(=O)(=O)Cc1ccc(Oc2ccc(F)cc2F)c(-c2cc(C)c(=O)n(C)c2)c1. The van der Waals surface area contributed by atoms with E-state index in [1.54, 1.807) is 51.4 Å². The van der Waals surface area contributed by atoms with Gasteiger partial charge in [-0.2, -0.15) is 0 Å². The molecule has 0 saturated heterocycles. The summed E-state index contributed by atoms with van der Waals surface area (Å²) in [5.74, 6) is -1.68. The third-order valence-electron chi connectivity index (χ3n) is 4.66. The van der Waals surface area contributed by atoms with Gasteiger partial charge in [-0.1, -0.05) is 13.0 Å². The van der Waals surface area contributed by atoms with Crippen LogP contribution in [0.2, 0.25) is 0 Å². The molecular weight excluding hydrogens is 412 g/mol. The number of hydrogen-bond donors (Lipinski definition) is 0. The van der Waals surface area contributed by atoms with E-state index in [2.05, 4.69) is 0 Å². The molecule has 1 heterocycles. The zero-order valence-electron chi connectivity index (χ0n) is 16.8. The van der Waals surface area contributed by atoms with E-state index in [4.69, 9.17) is 4.74 Å². The summed E-state index contributed by atoms with van der Waals surface area (Å²) in [5, 5.41) is 0. The molecule has 0 aliphatic heterocycles. The number of benzene rings is 2. The molecule has 0 aliphatic carbocycles. The summed E-state index contributed by atoms with van der Waals surface area (Å²) in [6.07, 6.45) is 1.59. The van der Waals surface area contributed by atoms with E-state index in [1.807, 2.05) is 0 Å². The summed E-state index contributed by atoms with van der Waals surface area (Å²) in [6.45, 7) is 3.23. The zero-order chi connectivity index (χ0) is 22.1. The van der Waals surface area contributed by atoms with Crippen molar-refractivity contribution < 1.29 is 21.9 Å². The van der Waals surface area contributed by atoms with Gasteiger partial charge in [-0.3, -0.25) is 4.79 Å². The van der Waals surface area contributed by atoms with Crippen molar-refractivity contribution in [1.82, 2.24) is 4.57 Å². The van der Waals surface area contributed by atoms with Gasteiger partial charge < -0.3 is 9.30 Å². The molecule has 1 aromatic heterocycles. The first-order valence-corrected chi connectivity index (χ1v) is 11.1. The van der Waals surface area contributed by atoms with Gasteiger partial charge in [-0.05, 0) is 42.8 Å². The first-order chi connectivity index (χ1) is 14.1. The van der Waals surface area contributed by atoms with Gasteiger partial charge in [0, 0.05) is 41.8 Å². The number of sulfone groups is 1. The van der Waals surface area contributed by atoms with Crippen LogP contribution < -0.4 is 10.3 Å². The Morgan fingerprint density at radius 1 is 1.03 bits per heavy atom. The minimum Gasteiger partial charge on any atom is -0.454 e. The molecule has 158 valence electrons. The summed E-state index contributed by atoms with van der Waals surface area (Å²) >= 11 is 0. The summed E-state index contributed by atoms with van der Waals surface area (Å²) in [7, 11) is -1.67. The fraction of sp³-hybridized carbons (Fsp3) is 0.227. The first-order valence-electron chi connectivity index (χ1n) is 9.23. The second kappa shape index (κ2) is 8.39. The second-order valence-electron chi connectivity index (χ2n) is 7.01. The number of ether oxygens (including phenoxy) is 1. The zero-order valence-corrected chi connectivity index (χ0v) is 17.6. The number of aromatic nitrogens is 1. The van der Waals surface area contributed by atoms with E-state index in [-0.39, 0.29) is 28.6 Å². The maximum Gasteiger partial charge on any atom is 0.253 e. The fourth-order valence-electron chi connectivity index (χ4n) is 3.04. The molecule has 0 N–H and O–H groups in total. The molecule has 30 heavy (non-hydrogen) atoms. The lowest BCUT2D eigenvalue weighted by Gasteiger charge is -2.15. The molecule has 2 aromatic carbocycles. The fourth-order valence-corrected chi connectivity index (χ4v) is 3.93. The lowest BCUT2D eigenvalue weighted by atomic mass is 10.0. The van der Waals surface area contributed by atoms with Crippen molar-refractivity contribution in [3.63, 3.8) is 0 Å². The molecular formula is C22H21F2NO4S. The summed E-state index contributed by atoms with van der Waals surface area (Å²) in [4.78, 5) is 12.1. The predicted octanol–water partition coefficient (Wildman–Crippen LogP) is 4.37. The Labute approximate surface area is 173 Å². The van der Waals surface area contributed by atoms with Crippen molar-refractivity contribution in [2.45, 2.75) is 19.6 Å². The Morgan fingerprint density at radius 3 is 2.37 bits per heavy atom. The average molecular weight is 433 g/mol. The molecule has 5 nitrogen and oxygen atoms in total. The van der Waals surface area contributed by atoms with Crippen LogP contribution in [0.3, 0.4) is 0 Å². The van der Waals surface area contributed by atoms with E-state index in [9.17, 15) is 22.0 Å². The van der Waals surface area contributed by atoms with Gasteiger partial charge in [-0.15, -0.1) is 0 Å². The minimum atomic E-state index is -3.28. The summed E-state index contributed by atoms with van der Waals surface area (Å²) in [6, 6.07) is 9.40. The van der Waals surface area contributed by atoms with E-state index >= 15 is 0 Å². The Hall–Kier alpha value is -3.00. The van der Waals surface area contributed by atoms with Crippen molar-refractivity contribution in [3.05, 3.63) is 81.8 Å². The molecule has 0 saturated carbocycles. The third kappa shape index (κ3) is 4.76. The van der Waals surface area contributed by atoms with Crippen molar-refractivity contribution in [2.24, 2.45) is 7.05 Å². The maximum absolute atomic E-state index is 14.1. The van der Waals surface area contributed by atoms with E-state index < -0.39 is 21.5 Å². The highest BCUT2D eigenvalue weighted by Crippen LogP contribution is 2.35. The molecule has 0 unspecified atom stereocenters. The Kier molecular flexibility index (Phi) is 6.07. The molecule has 0 aliphatic rings. The van der Waals surface area contributed by atoms with Crippen LogP contribution in [0.4, 0.5) is 8.78 Å². The van der Waals surface area contributed by atoms with Crippen LogP contribution in [0.5, 0.6) is 11.5 Å². The van der Waals surface area contributed by atoms with Crippen molar-refractivity contribution in [2.75, 3.05) is 5.75 Å². The smallest absolute Gasteiger partial charge is 0.253 e. The largest absolute Gasteiger partial charge is 0.454 e. The van der Waals surface area contributed by atoms with Gasteiger partial charge >= 0.3 is 0 Å². The maximum atomic E-state index is 14.1. The topological polar surface area (TPSA) is 65.4 Å². The Morgan fingerprint density at radius 2 is 1.73 bits per heavy atom. The van der Waals surface area contributed by atoms with Crippen molar-refractivity contribution in [3.8, 4) is 22.6 Å². The van der Waals surface area contributed by atoms with Crippen LogP contribution in [0.1, 0.15) is 18.1 Å². The highest BCUT2D eigenvalue weighted by Gasteiger charge is 2.16. The summed E-state index contributed by atoms with van der Waals surface area (Å²) in [5.41, 5.74) is 1.94. The normalized spacial score (nSPS) is 11.5. The number of halogens is 2. The third-order valence-corrected chi connectivity index (χ3v) is 6.31. The number of rotatable bonds is 6. The molecule has 0 atom stereocenters. The molecule has 0 spiro atoms. The highest BCUT2D eigenvalue weighted by molar-refractivity contribution is 7.90. The van der Waals surface area contributed by atoms with Crippen LogP contribution in [0.15, 0.2) is 53.5 Å². The molecule has 3 rings (SSSR count). The standard InChI is InChI=1S/C22H21F2NO4S/c1-4-30(27,28)13-15-5-7-20(29-21-8-6-17(23)11-19(21)24)18(10-15)16-9-14(2)22(26)25(3)12-16/h5-12H,4,13H2,1-3H3. The van der Waals surface area contributed by atoms with Crippen molar-refractivity contribution >= 4 is 9.84 Å². The van der Waals surface area contributed by atoms with Gasteiger partial charge in [0.15, 0.2) is 21.4 Å². The van der Waals surface area contributed by atoms with E-state index in [1.165, 1.54) is 10.6 Å². The second-order valence-corrected chi connectivity index (χ2v) is 9.36. The van der Waals surface area contributed by atoms with Crippen LogP contribution in [0, 0.1) is 18.6 Å². The monoisotopic (exact) mass is 433 g/mol. The first kappa shape index (κ1) is 21.7. The van der Waals surface area contributed by atoms with E-state index in [0.29, 0.717) is 28.3 Å². The van der Waals surface area contributed by atoms with Gasteiger partial charge in [0.05, 0.1) is 5.75 Å². The molecule has 0 bridgehead atoms. The average Bonchev–Trinajstić information content (AvgIpc) is 2.68. The predicted molar refractivity (Wildman–Crippen MR) is 111 cm³/mol. The molecule has 0 radical (unpaired) electrons. The van der Waals surface area contributed by atoms with Crippen LogP contribution >= 0.6 is 0 Å². The van der Waals surface area contributed by atoms with Crippen molar-refractivity contribution in [1.29, 1.82) is 0 Å². The van der Waals surface area contributed by atoms with Crippen LogP contribution in [-0.2, 0) is 22.6 Å². The molecule has 8 heteroatoms. The van der Waals surface area contributed by atoms with Gasteiger partial charge in [-0.25, -0.2) is 17.2 Å². The van der Waals surface area contributed by atoms with Crippen LogP contribution in [0.25, 0.3) is 11.1 Å². The Bertz CT molecular complexity index is 1240. The molecule has 0 fully saturated rings. The minimum absolute atomic E-state index is 0.000320.